The quantitative estimate of drug-likeness (QED) is 0.301. The summed E-state index contributed by atoms with van der Waals surface area (Å²) in [5.74, 6) is -0.269. The van der Waals surface area contributed by atoms with Crippen molar-refractivity contribution in [3.63, 3.8) is 0 Å². The fourth-order valence-electron chi connectivity index (χ4n) is 1.10. The molecule has 0 fully saturated rings. The van der Waals surface area contributed by atoms with Crippen LogP contribution in [0.5, 0.6) is 0 Å². The van der Waals surface area contributed by atoms with Gasteiger partial charge in [-0.25, -0.2) is 9.79 Å². The maximum Gasteiger partial charge on any atom is 0.335 e. The Morgan fingerprint density at radius 2 is 2.27 bits per heavy atom. The molecule has 0 radical (unpaired) electrons. The van der Waals surface area contributed by atoms with Crippen LogP contribution in [0, 0.1) is 5.41 Å². The Morgan fingerprint density at radius 1 is 1.67 bits per heavy atom. The van der Waals surface area contributed by atoms with Crippen LogP contribution in [0.3, 0.4) is 0 Å². The van der Waals surface area contributed by atoms with E-state index in [2.05, 4.69) is 29.6 Å². The summed E-state index contributed by atoms with van der Waals surface area (Å²) in [5.41, 5.74) is 0.566. The molecule has 5 nitrogen and oxygen atoms in total. The first-order chi connectivity index (χ1) is 7.19. The van der Waals surface area contributed by atoms with E-state index in [1.165, 1.54) is 7.11 Å². The molecule has 0 spiro atoms. The van der Waals surface area contributed by atoms with Crippen molar-refractivity contribution < 1.29 is 9.53 Å². The van der Waals surface area contributed by atoms with E-state index < -0.39 is 0 Å². The second kappa shape index (κ2) is 6.53. The third-order valence-corrected chi connectivity index (χ3v) is 1.82. The number of carbonyl (C=O) groups is 1. The minimum atomic E-state index is -0.348. The first-order valence-corrected chi connectivity index (χ1v) is 4.26. The highest BCUT2D eigenvalue weighted by molar-refractivity contribution is 5.91. The Kier molecular flexibility index (Phi) is 5.70. The molecule has 0 bridgehead atoms. The van der Waals surface area contributed by atoms with Gasteiger partial charge in [0.05, 0.1) is 19.2 Å². The van der Waals surface area contributed by atoms with Gasteiger partial charge in [0, 0.05) is 6.54 Å². The average Bonchev–Trinajstić information content (AvgIpc) is 2.79. The third kappa shape index (κ3) is 3.38. The number of guanidine groups is 1. The van der Waals surface area contributed by atoms with Gasteiger partial charge in [0.2, 0.25) is 5.96 Å². The Hall–Kier alpha value is -1.91. The molecule has 0 amide bonds. The lowest BCUT2D eigenvalue weighted by molar-refractivity contribution is -0.136. The van der Waals surface area contributed by atoms with Gasteiger partial charge in [-0.2, -0.15) is 0 Å². The van der Waals surface area contributed by atoms with Crippen molar-refractivity contribution in [1.29, 1.82) is 5.41 Å². The summed E-state index contributed by atoms with van der Waals surface area (Å²) in [4.78, 5) is 16.1. The summed E-state index contributed by atoms with van der Waals surface area (Å²) in [7, 11) is 1.34. The number of esters is 1. The molecule has 1 aliphatic rings. The minimum Gasteiger partial charge on any atom is -0.466 e. The third-order valence-electron chi connectivity index (χ3n) is 1.82. The summed E-state index contributed by atoms with van der Waals surface area (Å²) in [6, 6.07) is 0. The van der Waals surface area contributed by atoms with E-state index in [9.17, 15) is 4.79 Å². The molecule has 1 N–H and O–H groups in total. The molecule has 0 aromatic rings. The highest BCUT2D eigenvalue weighted by Gasteiger charge is 2.21. The van der Waals surface area contributed by atoms with Gasteiger partial charge in [-0.05, 0) is 6.72 Å². The van der Waals surface area contributed by atoms with Gasteiger partial charge in [0.15, 0.2) is 0 Å². The van der Waals surface area contributed by atoms with E-state index in [4.69, 9.17) is 5.41 Å². The molecule has 1 heterocycles. The van der Waals surface area contributed by atoms with Crippen LogP contribution in [0.4, 0.5) is 0 Å². The fraction of sp³-hybridized carbons (Fsp3) is 0.300. The van der Waals surface area contributed by atoms with Crippen LogP contribution in [-0.4, -0.2) is 43.7 Å². The molecule has 1 rings (SSSR count). The molecular formula is C10H15N3O2. The highest BCUT2D eigenvalue weighted by atomic mass is 16.5. The molecule has 5 heteroatoms. The number of aliphatic imine (C=N–C) groups is 1. The summed E-state index contributed by atoms with van der Waals surface area (Å²) in [5, 5.41) is 7.33. The van der Waals surface area contributed by atoms with Crippen molar-refractivity contribution in [2.75, 3.05) is 20.2 Å². The molecular weight excluding hydrogens is 194 g/mol. The van der Waals surface area contributed by atoms with Gasteiger partial charge in [-0.15, -0.1) is 13.2 Å². The van der Waals surface area contributed by atoms with Crippen LogP contribution in [0.1, 0.15) is 0 Å². The van der Waals surface area contributed by atoms with Crippen LogP contribution >= 0.6 is 0 Å². The van der Waals surface area contributed by atoms with E-state index in [-0.39, 0.29) is 11.9 Å². The smallest absolute Gasteiger partial charge is 0.335 e. The first-order valence-electron chi connectivity index (χ1n) is 4.26. The van der Waals surface area contributed by atoms with Gasteiger partial charge in [-0.1, -0.05) is 6.08 Å². The highest BCUT2D eigenvalue weighted by Crippen LogP contribution is 2.10. The summed E-state index contributed by atoms with van der Waals surface area (Å²) in [6.07, 6.45) is 1.73. The van der Waals surface area contributed by atoms with Gasteiger partial charge < -0.3 is 9.64 Å². The number of rotatable bonds is 1. The molecule has 0 aromatic carbocycles. The minimum absolute atomic E-state index is 0.0788. The molecule has 15 heavy (non-hydrogen) atoms. The normalized spacial score (nSPS) is 13.4. The van der Waals surface area contributed by atoms with Crippen LogP contribution < -0.4 is 0 Å². The second-order valence-electron chi connectivity index (χ2n) is 2.58. The average molecular weight is 209 g/mol. The van der Waals surface area contributed by atoms with Crippen molar-refractivity contribution >= 4 is 18.6 Å². The van der Waals surface area contributed by atoms with Gasteiger partial charge in [0.1, 0.15) is 0 Å². The van der Waals surface area contributed by atoms with E-state index in [1.807, 2.05) is 0 Å². The lowest BCUT2D eigenvalue weighted by Crippen LogP contribution is -2.27. The number of methoxy groups -OCH3 is 1. The number of nitrogens with zero attached hydrogens (tertiary/aromatic N) is 2. The molecule has 0 unspecified atom stereocenters. The van der Waals surface area contributed by atoms with Crippen molar-refractivity contribution in [2.45, 2.75) is 0 Å². The summed E-state index contributed by atoms with van der Waals surface area (Å²) < 4.78 is 4.55. The topological polar surface area (TPSA) is 65.8 Å². The Morgan fingerprint density at radius 3 is 2.73 bits per heavy atom. The Bertz CT molecular complexity index is 297. The van der Waals surface area contributed by atoms with Crippen LogP contribution in [0.25, 0.3) is 0 Å². The molecule has 0 aromatic heterocycles. The lowest BCUT2D eigenvalue weighted by Gasteiger charge is -2.14. The predicted molar refractivity (Wildman–Crippen MR) is 60.2 cm³/mol. The molecule has 1 aliphatic heterocycles. The molecule has 0 saturated carbocycles. The standard InChI is InChI=1S/C8H11N3O2.C2H4/c1-10-8(9)11-4-3-6(5-11)7(12)13-2;1-2/h3,9H,1,4-5H2,2H3;1-2H2. The van der Waals surface area contributed by atoms with E-state index in [1.54, 1.807) is 11.0 Å². The van der Waals surface area contributed by atoms with E-state index in [0.717, 1.165) is 0 Å². The molecule has 82 valence electrons. The largest absolute Gasteiger partial charge is 0.466 e. The predicted octanol–water partition coefficient (Wildman–Crippen LogP) is 0.839. The maximum atomic E-state index is 11.0. The molecule has 0 aliphatic carbocycles. The lowest BCUT2D eigenvalue weighted by atomic mass is 10.3. The van der Waals surface area contributed by atoms with Crippen LogP contribution in [0.2, 0.25) is 0 Å². The fourth-order valence-corrected chi connectivity index (χ4v) is 1.10. The summed E-state index contributed by atoms with van der Waals surface area (Å²) in [6.45, 7) is 10.1. The van der Waals surface area contributed by atoms with E-state index in [0.29, 0.717) is 18.7 Å². The molecule has 0 atom stereocenters. The Labute approximate surface area is 89.3 Å². The molecule has 0 saturated heterocycles. The van der Waals surface area contributed by atoms with Crippen molar-refractivity contribution in [1.82, 2.24) is 4.90 Å². The van der Waals surface area contributed by atoms with Crippen LogP contribution in [-0.2, 0) is 9.53 Å². The number of carbonyl (C=O) groups excluding carboxylic acids is 1. The number of ether oxygens (including phenoxy) is 1. The number of hydrogen-bond acceptors (Lipinski definition) is 3. The van der Waals surface area contributed by atoms with Crippen molar-refractivity contribution in [2.24, 2.45) is 4.99 Å². The number of nitrogens with one attached hydrogen (secondary N) is 1. The van der Waals surface area contributed by atoms with Gasteiger partial charge >= 0.3 is 5.97 Å². The van der Waals surface area contributed by atoms with Gasteiger partial charge in [0.25, 0.3) is 0 Å². The zero-order valence-corrected chi connectivity index (χ0v) is 8.82. The zero-order chi connectivity index (χ0) is 11.8. The van der Waals surface area contributed by atoms with E-state index >= 15 is 0 Å². The maximum absolute atomic E-state index is 11.0. The first kappa shape index (κ1) is 13.1. The Balaban J connectivity index is 0.000000921. The summed E-state index contributed by atoms with van der Waals surface area (Å²) >= 11 is 0. The van der Waals surface area contributed by atoms with Crippen LogP contribution in [0.15, 0.2) is 29.8 Å². The van der Waals surface area contributed by atoms with Crippen molar-refractivity contribution in [3.8, 4) is 0 Å². The zero-order valence-electron chi connectivity index (χ0n) is 8.82. The van der Waals surface area contributed by atoms with Crippen molar-refractivity contribution in [3.05, 3.63) is 24.8 Å². The number of hydrogen-bond donors (Lipinski definition) is 1. The monoisotopic (exact) mass is 209 g/mol. The SMILES string of the molecule is C=C.C=NC(=N)N1CC=C(C(=O)OC)C1. The van der Waals surface area contributed by atoms with Gasteiger partial charge in [-0.3, -0.25) is 5.41 Å². The second-order valence-corrected chi connectivity index (χ2v) is 2.58.